The second-order valence-electron chi connectivity index (χ2n) is 7.48. The van der Waals surface area contributed by atoms with E-state index in [9.17, 15) is 9.90 Å². The highest BCUT2D eigenvalue weighted by molar-refractivity contribution is 6.30. The van der Waals surface area contributed by atoms with E-state index in [1.807, 2.05) is 18.2 Å². The number of hydrogen-bond donors (Lipinski definition) is 1. The molecule has 1 aromatic heterocycles. The second-order valence-corrected chi connectivity index (χ2v) is 7.91. The van der Waals surface area contributed by atoms with Gasteiger partial charge in [0.05, 0.1) is 5.69 Å². The number of fused-ring (bicyclic) bond motifs is 1. The molecule has 146 valence electrons. The molecule has 0 saturated carbocycles. The van der Waals surface area contributed by atoms with Gasteiger partial charge in [-0.1, -0.05) is 17.7 Å². The predicted octanol–water partition coefficient (Wildman–Crippen LogP) is 2.56. The smallest absolute Gasteiger partial charge is 0.331 e. The Balaban J connectivity index is 1.22. The van der Waals surface area contributed by atoms with Gasteiger partial charge in [0, 0.05) is 50.0 Å². The van der Waals surface area contributed by atoms with Crippen LogP contribution in [0.3, 0.4) is 0 Å². The molecule has 3 heterocycles. The molecule has 7 heteroatoms. The topological polar surface area (TPSA) is 53.6 Å². The fourth-order valence-corrected chi connectivity index (χ4v) is 4.40. The molecule has 2 aliphatic rings. The highest BCUT2D eigenvalue weighted by Crippen LogP contribution is 2.23. The molecule has 0 unspecified atom stereocenters. The minimum absolute atomic E-state index is 0.0462. The number of rotatable bonds is 6. The number of hydrogen-bond acceptors (Lipinski definition) is 4. The van der Waals surface area contributed by atoms with Crippen molar-refractivity contribution in [2.45, 2.75) is 38.8 Å². The van der Waals surface area contributed by atoms with Gasteiger partial charge in [-0.05, 0) is 50.4 Å². The van der Waals surface area contributed by atoms with E-state index in [-0.39, 0.29) is 11.6 Å². The van der Waals surface area contributed by atoms with E-state index in [1.165, 1.54) is 5.69 Å². The third kappa shape index (κ3) is 3.87. The molecular formula is C20H27ClN4O2. The summed E-state index contributed by atoms with van der Waals surface area (Å²) >= 11 is 6.09. The quantitative estimate of drug-likeness (QED) is 0.770. The number of aromatic hydroxyl groups is 1. The molecule has 0 radical (unpaired) electrons. The molecule has 0 amide bonds. The lowest BCUT2D eigenvalue weighted by Crippen LogP contribution is -2.46. The number of piperazine rings is 1. The molecule has 6 nitrogen and oxygen atoms in total. The van der Waals surface area contributed by atoms with Gasteiger partial charge < -0.3 is 10.0 Å². The number of imidazole rings is 1. The van der Waals surface area contributed by atoms with E-state index < -0.39 is 0 Å². The summed E-state index contributed by atoms with van der Waals surface area (Å²) in [6.45, 7) is 6.47. The molecule has 1 fully saturated rings. The number of benzene rings is 1. The van der Waals surface area contributed by atoms with Crippen molar-refractivity contribution < 1.29 is 5.11 Å². The van der Waals surface area contributed by atoms with Crippen molar-refractivity contribution in [2.24, 2.45) is 0 Å². The van der Waals surface area contributed by atoms with E-state index in [2.05, 4.69) is 15.9 Å². The summed E-state index contributed by atoms with van der Waals surface area (Å²) in [4.78, 5) is 17.2. The zero-order valence-corrected chi connectivity index (χ0v) is 16.4. The standard InChI is InChI=1S/C20H27ClN4O2/c21-16-5-3-6-17(15-16)23-13-11-22(12-14-23)8-1-2-9-25-19(26)18-7-4-10-24(18)20(25)27/h3,5-6,15,26H,1-2,4,7-14H2. The highest BCUT2D eigenvalue weighted by Gasteiger charge is 2.23. The van der Waals surface area contributed by atoms with E-state index in [1.54, 1.807) is 9.13 Å². The Morgan fingerprint density at radius 1 is 1.04 bits per heavy atom. The van der Waals surface area contributed by atoms with Crippen LogP contribution < -0.4 is 10.6 Å². The predicted molar refractivity (Wildman–Crippen MR) is 108 cm³/mol. The van der Waals surface area contributed by atoms with Crippen molar-refractivity contribution in [2.75, 3.05) is 37.6 Å². The summed E-state index contributed by atoms with van der Waals surface area (Å²) in [6.07, 6.45) is 3.71. The number of unbranched alkanes of at least 4 members (excludes halogenated alkanes) is 1. The van der Waals surface area contributed by atoms with Crippen LogP contribution in [0.4, 0.5) is 5.69 Å². The maximum absolute atomic E-state index is 12.3. The van der Waals surface area contributed by atoms with Crippen LogP contribution in [-0.2, 0) is 19.5 Å². The van der Waals surface area contributed by atoms with Gasteiger partial charge in [-0.2, -0.15) is 0 Å². The molecule has 4 rings (SSSR count). The molecule has 0 aliphatic carbocycles. The summed E-state index contributed by atoms with van der Waals surface area (Å²) in [5.74, 6) is 0.188. The molecular weight excluding hydrogens is 364 g/mol. The molecule has 27 heavy (non-hydrogen) atoms. The zero-order valence-electron chi connectivity index (χ0n) is 15.6. The van der Waals surface area contributed by atoms with Crippen LogP contribution in [-0.4, -0.2) is 51.9 Å². The molecule has 1 N–H and O–H groups in total. The second kappa shape index (κ2) is 7.98. The van der Waals surface area contributed by atoms with Gasteiger partial charge in [0.1, 0.15) is 0 Å². The fraction of sp³-hybridized carbons (Fsp3) is 0.550. The van der Waals surface area contributed by atoms with Gasteiger partial charge >= 0.3 is 5.69 Å². The lowest BCUT2D eigenvalue weighted by atomic mass is 10.2. The lowest BCUT2D eigenvalue weighted by Gasteiger charge is -2.36. The van der Waals surface area contributed by atoms with Crippen molar-refractivity contribution in [3.8, 4) is 5.88 Å². The Bertz CT molecular complexity index is 852. The molecule has 0 spiro atoms. The largest absolute Gasteiger partial charge is 0.493 e. The summed E-state index contributed by atoms with van der Waals surface area (Å²) in [6, 6.07) is 8.04. The van der Waals surface area contributed by atoms with Crippen LogP contribution in [0.25, 0.3) is 0 Å². The first-order valence-corrected chi connectivity index (χ1v) is 10.3. The Labute approximate surface area is 164 Å². The minimum Gasteiger partial charge on any atom is -0.493 e. The highest BCUT2D eigenvalue weighted by atomic mass is 35.5. The Morgan fingerprint density at radius 3 is 2.56 bits per heavy atom. The monoisotopic (exact) mass is 390 g/mol. The number of aromatic nitrogens is 2. The summed E-state index contributed by atoms with van der Waals surface area (Å²) < 4.78 is 3.27. The molecule has 1 aromatic carbocycles. The zero-order chi connectivity index (χ0) is 18.8. The third-order valence-corrected chi connectivity index (χ3v) is 5.98. The average Bonchev–Trinajstić information content (AvgIpc) is 3.24. The van der Waals surface area contributed by atoms with Crippen molar-refractivity contribution in [3.63, 3.8) is 0 Å². The molecule has 2 aliphatic heterocycles. The van der Waals surface area contributed by atoms with Crippen LogP contribution in [0.1, 0.15) is 25.0 Å². The van der Waals surface area contributed by atoms with Crippen LogP contribution in [0.5, 0.6) is 5.88 Å². The van der Waals surface area contributed by atoms with Gasteiger partial charge in [-0.15, -0.1) is 0 Å². The lowest BCUT2D eigenvalue weighted by molar-refractivity contribution is 0.250. The SMILES string of the molecule is O=c1n(CCCCN2CCN(c3cccc(Cl)c3)CC2)c(O)c2n1CCC2. The molecule has 0 bridgehead atoms. The van der Waals surface area contributed by atoms with Crippen molar-refractivity contribution >= 4 is 17.3 Å². The average molecular weight is 391 g/mol. The number of halogens is 1. The number of anilines is 1. The van der Waals surface area contributed by atoms with Gasteiger partial charge in [0.15, 0.2) is 0 Å². The van der Waals surface area contributed by atoms with E-state index in [0.717, 1.165) is 75.7 Å². The molecule has 0 atom stereocenters. The first-order chi connectivity index (χ1) is 13.1. The molecule has 2 aromatic rings. The van der Waals surface area contributed by atoms with Crippen LogP contribution in [0.2, 0.25) is 5.02 Å². The first-order valence-electron chi connectivity index (χ1n) is 9.87. The summed E-state index contributed by atoms with van der Waals surface area (Å²) in [7, 11) is 0. The molecule has 1 saturated heterocycles. The van der Waals surface area contributed by atoms with Crippen LogP contribution in [0, 0.1) is 0 Å². The Kier molecular flexibility index (Phi) is 5.45. The van der Waals surface area contributed by atoms with Crippen LogP contribution >= 0.6 is 11.6 Å². The first kappa shape index (κ1) is 18.4. The maximum Gasteiger partial charge on any atom is 0.331 e. The van der Waals surface area contributed by atoms with E-state index >= 15 is 0 Å². The van der Waals surface area contributed by atoms with Gasteiger partial charge in [0.2, 0.25) is 5.88 Å². The van der Waals surface area contributed by atoms with Crippen molar-refractivity contribution in [1.29, 1.82) is 0 Å². The normalized spacial score (nSPS) is 17.4. The van der Waals surface area contributed by atoms with E-state index in [0.29, 0.717) is 6.54 Å². The summed E-state index contributed by atoms with van der Waals surface area (Å²) in [5.41, 5.74) is 1.96. The van der Waals surface area contributed by atoms with Crippen molar-refractivity contribution in [3.05, 3.63) is 45.5 Å². The van der Waals surface area contributed by atoms with Crippen molar-refractivity contribution in [1.82, 2.24) is 14.0 Å². The van der Waals surface area contributed by atoms with Gasteiger partial charge in [-0.3, -0.25) is 14.0 Å². The Hall–Kier alpha value is -1.92. The van der Waals surface area contributed by atoms with Gasteiger partial charge in [0.25, 0.3) is 0 Å². The van der Waals surface area contributed by atoms with Crippen LogP contribution in [0.15, 0.2) is 29.1 Å². The third-order valence-electron chi connectivity index (χ3n) is 5.75. The number of nitrogens with zero attached hydrogens (tertiary/aromatic N) is 4. The fourth-order valence-electron chi connectivity index (χ4n) is 4.22. The van der Waals surface area contributed by atoms with E-state index in [4.69, 9.17) is 11.6 Å². The maximum atomic E-state index is 12.3. The minimum atomic E-state index is -0.0462. The van der Waals surface area contributed by atoms with Gasteiger partial charge in [-0.25, -0.2) is 4.79 Å². The Morgan fingerprint density at radius 2 is 1.81 bits per heavy atom. The summed E-state index contributed by atoms with van der Waals surface area (Å²) in [5, 5.41) is 11.0.